The first kappa shape index (κ1) is 12.1. The molecule has 0 saturated carbocycles. The van der Waals surface area contributed by atoms with E-state index in [2.05, 4.69) is 4.98 Å². The Morgan fingerprint density at radius 1 is 1.05 bits per heavy atom. The van der Waals surface area contributed by atoms with Crippen LogP contribution in [0.25, 0.3) is 21.9 Å². The Hall–Kier alpha value is -2.95. The summed E-state index contributed by atoms with van der Waals surface area (Å²) in [6.45, 7) is 0. The number of nitrogens with zero attached hydrogens (tertiary/aromatic N) is 2. The largest absolute Gasteiger partial charge is 0.398 e. The number of pyridine rings is 1. The van der Waals surface area contributed by atoms with Crippen molar-refractivity contribution in [2.75, 3.05) is 5.73 Å². The molecule has 1 aromatic heterocycles. The van der Waals surface area contributed by atoms with Gasteiger partial charge in [-0.3, -0.25) is 0 Å². The smallest absolute Gasteiger partial charge is 0.363 e. The van der Waals surface area contributed by atoms with Gasteiger partial charge in [-0.1, -0.05) is 30.3 Å². The van der Waals surface area contributed by atoms with Crippen LogP contribution >= 0.6 is 0 Å². The van der Waals surface area contributed by atoms with E-state index in [1.54, 1.807) is 6.07 Å². The van der Waals surface area contributed by atoms with Crippen molar-refractivity contribution >= 4 is 22.3 Å². The fourth-order valence-corrected chi connectivity index (χ4v) is 2.25. The molecule has 0 spiro atoms. The number of anilines is 1. The quantitative estimate of drug-likeness (QED) is 0.437. The third kappa shape index (κ3) is 1.95. The average molecular weight is 265 g/mol. The zero-order valence-electron chi connectivity index (χ0n) is 10.5. The lowest BCUT2D eigenvalue weighted by Crippen LogP contribution is -1.94. The maximum absolute atomic E-state index is 10.6. The zero-order chi connectivity index (χ0) is 14.1. The molecular weight excluding hydrogens is 254 g/mol. The highest BCUT2D eigenvalue weighted by molar-refractivity contribution is 6.02. The van der Waals surface area contributed by atoms with Crippen LogP contribution in [0.4, 0.5) is 11.5 Å². The average Bonchev–Trinajstić information content (AvgIpc) is 2.47. The molecule has 2 N–H and O–H groups in total. The summed E-state index contributed by atoms with van der Waals surface area (Å²) in [6, 6.07) is 14.7. The number of benzene rings is 2. The molecule has 0 unspecified atom stereocenters. The summed E-state index contributed by atoms with van der Waals surface area (Å²) < 4.78 is 0. The second-order valence-corrected chi connectivity index (χ2v) is 4.41. The number of hydrogen-bond donors (Lipinski definition) is 1. The van der Waals surface area contributed by atoms with Crippen molar-refractivity contribution in [2.24, 2.45) is 0 Å². The van der Waals surface area contributed by atoms with E-state index in [9.17, 15) is 10.1 Å². The highest BCUT2D eigenvalue weighted by atomic mass is 16.6. The Bertz CT molecular complexity index is 798. The topological polar surface area (TPSA) is 82.0 Å². The Kier molecular flexibility index (Phi) is 2.80. The van der Waals surface area contributed by atoms with E-state index in [4.69, 9.17) is 5.73 Å². The first-order chi connectivity index (χ1) is 9.66. The van der Waals surface area contributed by atoms with Crippen molar-refractivity contribution in [1.82, 2.24) is 4.98 Å². The second kappa shape index (κ2) is 4.62. The van der Waals surface area contributed by atoms with Crippen molar-refractivity contribution in [2.45, 2.75) is 0 Å². The van der Waals surface area contributed by atoms with Crippen LogP contribution in [-0.4, -0.2) is 9.91 Å². The minimum Gasteiger partial charge on any atom is -0.398 e. The van der Waals surface area contributed by atoms with Crippen molar-refractivity contribution in [3.8, 4) is 11.1 Å². The second-order valence-electron chi connectivity index (χ2n) is 4.41. The van der Waals surface area contributed by atoms with Crippen LogP contribution < -0.4 is 5.73 Å². The fourth-order valence-electron chi connectivity index (χ4n) is 2.25. The van der Waals surface area contributed by atoms with Crippen LogP contribution in [0.2, 0.25) is 0 Å². The monoisotopic (exact) mass is 265 g/mol. The van der Waals surface area contributed by atoms with Gasteiger partial charge in [0, 0.05) is 22.9 Å². The molecule has 0 atom stereocenters. The van der Waals surface area contributed by atoms with Gasteiger partial charge in [0.1, 0.15) is 6.20 Å². The predicted molar refractivity (Wildman–Crippen MR) is 78.2 cm³/mol. The van der Waals surface area contributed by atoms with Crippen LogP contribution in [0.1, 0.15) is 0 Å². The number of nitrogens with two attached hydrogens (primary N) is 1. The molecule has 0 radical (unpaired) electrons. The van der Waals surface area contributed by atoms with Gasteiger partial charge in [-0.25, -0.2) is 0 Å². The molecule has 0 aliphatic heterocycles. The molecule has 98 valence electrons. The molecule has 1 heterocycles. The molecule has 20 heavy (non-hydrogen) atoms. The first-order valence-electron chi connectivity index (χ1n) is 6.05. The molecule has 0 aliphatic carbocycles. The lowest BCUT2D eigenvalue weighted by Gasteiger charge is -2.09. The molecule has 2 aromatic carbocycles. The van der Waals surface area contributed by atoms with Crippen LogP contribution in [0.15, 0.2) is 54.7 Å². The van der Waals surface area contributed by atoms with Crippen LogP contribution in [-0.2, 0) is 0 Å². The van der Waals surface area contributed by atoms with Gasteiger partial charge in [0.25, 0.3) is 0 Å². The number of fused-ring (bicyclic) bond motifs is 1. The van der Waals surface area contributed by atoms with Gasteiger partial charge in [0.05, 0.1) is 0 Å². The normalized spacial score (nSPS) is 10.6. The Balaban J connectivity index is 2.23. The van der Waals surface area contributed by atoms with Gasteiger partial charge in [0.15, 0.2) is 0 Å². The summed E-state index contributed by atoms with van der Waals surface area (Å²) in [5.74, 6) is -0.174. The molecule has 5 nitrogen and oxygen atoms in total. The van der Waals surface area contributed by atoms with Crippen LogP contribution in [0, 0.1) is 10.1 Å². The van der Waals surface area contributed by atoms with Crippen LogP contribution in [0.5, 0.6) is 0 Å². The summed E-state index contributed by atoms with van der Waals surface area (Å²) in [5.41, 5.74) is 8.30. The molecule has 0 bridgehead atoms. The van der Waals surface area contributed by atoms with E-state index >= 15 is 0 Å². The molecule has 5 heteroatoms. The molecule has 0 saturated heterocycles. The fraction of sp³-hybridized carbons (Fsp3) is 0. The van der Waals surface area contributed by atoms with Crippen molar-refractivity contribution < 1.29 is 4.92 Å². The van der Waals surface area contributed by atoms with E-state index in [0.29, 0.717) is 5.69 Å². The minimum atomic E-state index is -0.518. The summed E-state index contributed by atoms with van der Waals surface area (Å²) >= 11 is 0. The molecule has 3 rings (SSSR count). The zero-order valence-corrected chi connectivity index (χ0v) is 10.5. The molecule has 0 fully saturated rings. The third-order valence-corrected chi connectivity index (χ3v) is 3.18. The Labute approximate surface area is 114 Å². The van der Waals surface area contributed by atoms with Crippen molar-refractivity contribution in [3.05, 3.63) is 64.8 Å². The lowest BCUT2D eigenvalue weighted by molar-refractivity contribution is -0.389. The predicted octanol–water partition coefficient (Wildman–Crippen LogP) is 3.39. The van der Waals surface area contributed by atoms with Crippen LogP contribution in [0.3, 0.4) is 0 Å². The molecular formula is C15H11N3O2. The van der Waals surface area contributed by atoms with E-state index in [-0.39, 0.29) is 5.82 Å². The molecule has 0 amide bonds. The van der Waals surface area contributed by atoms with E-state index < -0.39 is 4.92 Å². The van der Waals surface area contributed by atoms with E-state index in [1.807, 2.05) is 36.4 Å². The summed E-state index contributed by atoms with van der Waals surface area (Å²) in [5, 5.41) is 12.7. The highest BCUT2D eigenvalue weighted by Gasteiger charge is 2.12. The lowest BCUT2D eigenvalue weighted by atomic mass is 9.98. The summed E-state index contributed by atoms with van der Waals surface area (Å²) in [7, 11) is 0. The summed E-state index contributed by atoms with van der Waals surface area (Å²) in [6.07, 6.45) is 1.48. The van der Waals surface area contributed by atoms with Gasteiger partial charge in [-0.2, -0.15) is 0 Å². The number of nitrogen functional groups attached to an aromatic ring is 1. The van der Waals surface area contributed by atoms with E-state index in [0.717, 1.165) is 21.9 Å². The van der Waals surface area contributed by atoms with Gasteiger partial charge < -0.3 is 15.8 Å². The van der Waals surface area contributed by atoms with Gasteiger partial charge >= 0.3 is 5.82 Å². The standard InChI is InChI=1S/C15H11N3O2/c16-13-7-5-10-3-1-2-4-12(10)15(13)11-6-8-14(17-9-11)18(19)20/h1-9H,16H2. The molecule has 3 aromatic rings. The molecule has 0 aliphatic rings. The van der Waals surface area contributed by atoms with Gasteiger partial charge in [-0.15, -0.1) is 0 Å². The van der Waals surface area contributed by atoms with E-state index in [1.165, 1.54) is 12.3 Å². The minimum absolute atomic E-state index is 0.174. The van der Waals surface area contributed by atoms with Crippen molar-refractivity contribution in [1.29, 1.82) is 0 Å². The van der Waals surface area contributed by atoms with Crippen molar-refractivity contribution in [3.63, 3.8) is 0 Å². The Morgan fingerprint density at radius 3 is 2.55 bits per heavy atom. The van der Waals surface area contributed by atoms with Gasteiger partial charge in [-0.05, 0) is 32.8 Å². The maximum Gasteiger partial charge on any atom is 0.363 e. The maximum atomic E-state index is 10.6. The Morgan fingerprint density at radius 2 is 1.85 bits per heavy atom. The third-order valence-electron chi connectivity index (χ3n) is 3.18. The number of aromatic nitrogens is 1. The van der Waals surface area contributed by atoms with Gasteiger partial charge in [0.2, 0.25) is 0 Å². The number of rotatable bonds is 2. The number of nitro groups is 1. The summed E-state index contributed by atoms with van der Waals surface area (Å²) in [4.78, 5) is 14.0. The SMILES string of the molecule is Nc1ccc2ccccc2c1-c1ccc([N+](=O)[O-])nc1. The number of hydrogen-bond acceptors (Lipinski definition) is 4. The highest BCUT2D eigenvalue weighted by Crippen LogP contribution is 2.33. The first-order valence-corrected chi connectivity index (χ1v) is 6.05.